The second kappa shape index (κ2) is 5.92. The van der Waals surface area contributed by atoms with Crippen LogP contribution in [0.2, 0.25) is 0 Å². The summed E-state index contributed by atoms with van der Waals surface area (Å²) in [5, 5.41) is 0. The first-order valence-corrected chi connectivity index (χ1v) is 7.58. The van der Waals surface area contributed by atoms with Crippen molar-refractivity contribution in [3.05, 3.63) is 24.3 Å². The third kappa shape index (κ3) is 4.10. The van der Waals surface area contributed by atoms with Crippen LogP contribution < -0.4 is 9.64 Å². The van der Waals surface area contributed by atoms with E-state index in [-0.39, 0.29) is 24.4 Å². The number of alkyl halides is 2. The van der Waals surface area contributed by atoms with Gasteiger partial charge in [0.2, 0.25) is 5.91 Å². The van der Waals surface area contributed by atoms with Crippen molar-refractivity contribution in [3.63, 3.8) is 0 Å². The van der Waals surface area contributed by atoms with Crippen molar-refractivity contribution in [2.45, 2.75) is 13.0 Å². The molecule has 0 bridgehead atoms. The summed E-state index contributed by atoms with van der Waals surface area (Å²) in [6.45, 7) is -3.11. The maximum absolute atomic E-state index is 12.7. The number of carbonyl (C=O) groups is 1. The Bertz CT molecular complexity index is 635. The molecular formula is C12H12F3NO4S. The number of para-hydroxylation sites is 2. The van der Waals surface area contributed by atoms with Gasteiger partial charge in [0.05, 0.1) is 11.4 Å². The first-order chi connectivity index (χ1) is 9.76. The highest BCUT2D eigenvalue weighted by Gasteiger charge is 2.35. The number of benzene rings is 1. The summed E-state index contributed by atoms with van der Waals surface area (Å²) in [5.41, 5.74) is 0.113. The zero-order valence-corrected chi connectivity index (χ0v) is 11.5. The van der Waals surface area contributed by atoms with E-state index in [1.165, 1.54) is 24.3 Å². The zero-order chi connectivity index (χ0) is 15.6. The summed E-state index contributed by atoms with van der Waals surface area (Å²) in [5.74, 6) is -2.14. The number of carbonyl (C=O) groups excluding carboxylic acids is 1. The molecule has 1 amide bonds. The minimum atomic E-state index is -4.70. The molecule has 2 rings (SSSR count). The Hall–Kier alpha value is -1.77. The summed E-state index contributed by atoms with van der Waals surface area (Å²) in [6, 6.07) is 5.67. The monoisotopic (exact) mass is 323 g/mol. The molecule has 1 fully saturated rings. The summed E-state index contributed by atoms with van der Waals surface area (Å²) in [7, 11) is -4.70. The number of nitrogens with zero attached hydrogens (tertiary/aromatic N) is 1. The maximum atomic E-state index is 12.7. The topological polar surface area (TPSA) is 63.7 Å². The van der Waals surface area contributed by atoms with Crippen molar-refractivity contribution in [3.8, 4) is 5.75 Å². The number of amides is 1. The van der Waals surface area contributed by atoms with Crippen molar-refractivity contribution >= 4 is 21.8 Å². The number of hydrogen-bond donors (Lipinski definition) is 0. The smallest absolute Gasteiger partial charge is 0.387 e. The first kappa shape index (κ1) is 15.6. The van der Waals surface area contributed by atoms with Crippen LogP contribution in [0.15, 0.2) is 24.3 Å². The molecular weight excluding hydrogens is 311 g/mol. The summed E-state index contributed by atoms with van der Waals surface area (Å²) in [4.78, 5) is 13.0. The lowest BCUT2D eigenvalue weighted by atomic mass is 10.1. The number of anilines is 1. The van der Waals surface area contributed by atoms with E-state index in [4.69, 9.17) is 0 Å². The fourth-order valence-electron chi connectivity index (χ4n) is 2.28. The van der Waals surface area contributed by atoms with Gasteiger partial charge in [-0.05, 0) is 12.1 Å². The fourth-order valence-corrected chi connectivity index (χ4v) is 3.07. The lowest BCUT2D eigenvalue weighted by Crippen LogP contribution is -2.26. The average Bonchev–Trinajstić information content (AvgIpc) is 2.67. The van der Waals surface area contributed by atoms with Gasteiger partial charge in [-0.15, -0.1) is 3.89 Å². The molecule has 21 heavy (non-hydrogen) atoms. The minimum Gasteiger partial charge on any atom is -0.433 e. The van der Waals surface area contributed by atoms with Gasteiger partial charge in [0.15, 0.2) is 0 Å². The van der Waals surface area contributed by atoms with Crippen LogP contribution in [0.25, 0.3) is 0 Å². The van der Waals surface area contributed by atoms with Gasteiger partial charge < -0.3 is 9.64 Å². The van der Waals surface area contributed by atoms with Gasteiger partial charge in [0, 0.05) is 18.9 Å². The summed E-state index contributed by atoms with van der Waals surface area (Å²) < 4.78 is 62.9. The fraction of sp³-hybridized carbons (Fsp3) is 0.417. The molecule has 1 atom stereocenters. The quantitative estimate of drug-likeness (QED) is 0.777. The van der Waals surface area contributed by atoms with Gasteiger partial charge in [-0.1, -0.05) is 12.1 Å². The second-order valence-corrected chi connectivity index (χ2v) is 6.04. The van der Waals surface area contributed by atoms with Crippen LogP contribution in [0.5, 0.6) is 5.75 Å². The second-order valence-electron chi connectivity index (χ2n) is 4.63. The molecule has 0 saturated carbocycles. The number of halogens is 3. The molecule has 5 nitrogen and oxygen atoms in total. The van der Waals surface area contributed by atoms with Gasteiger partial charge >= 0.3 is 16.8 Å². The SMILES string of the molecule is O=C1CC(CS(=O)(=O)F)CN1c1ccccc1OC(F)F. The van der Waals surface area contributed by atoms with E-state index >= 15 is 0 Å². The van der Waals surface area contributed by atoms with Crippen LogP contribution in [0, 0.1) is 5.92 Å². The number of rotatable bonds is 5. The molecule has 1 aromatic carbocycles. The minimum absolute atomic E-state index is 0.0639. The molecule has 1 aliphatic heterocycles. The average molecular weight is 323 g/mol. The molecule has 1 aliphatic rings. The Balaban J connectivity index is 2.21. The van der Waals surface area contributed by atoms with Gasteiger partial charge in [-0.3, -0.25) is 4.79 Å². The largest absolute Gasteiger partial charge is 0.433 e. The van der Waals surface area contributed by atoms with Gasteiger partial charge in [-0.25, -0.2) is 0 Å². The van der Waals surface area contributed by atoms with Crippen LogP contribution in [-0.2, 0) is 15.0 Å². The van der Waals surface area contributed by atoms with E-state index in [0.717, 1.165) is 4.90 Å². The highest BCUT2D eigenvalue weighted by atomic mass is 32.3. The summed E-state index contributed by atoms with van der Waals surface area (Å²) >= 11 is 0. The predicted molar refractivity (Wildman–Crippen MR) is 68.4 cm³/mol. The van der Waals surface area contributed by atoms with Gasteiger partial charge in [0.25, 0.3) is 0 Å². The first-order valence-electron chi connectivity index (χ1n) is 6.03. The Morgan fingerprint density at radius 3 is 2.62 bits per heavy atom. The number of ether oxygens (including phenoxy) is 1. The predicted octanol–water partition coefficient (Wildman–Crippen LogP) is 1.94. The van der Waals surface area contributed by atoms with E-state index in [1.807, 2.05) is 0 Å². The van der Waals surface area contributed by atoms with Crippen LogP contribution in [0.3, 0.4) is 0 Å². The third-order valence-corrected chi connectivity index (χ3v) is 3.88. The molecule has 0 aromatic heterocycles. The molecule has 0 aliphatic carbocycles. The third-order valence-electron chi connectivity index (χ3n) is 3.01. The molecule has 1 heterocycles. The number of hydrogen-bond acceptors (Lipinski definition) is 4. The molecule has 0 N–H and O–H groups in total. The Kier molecular flexibility index (Phi) is 4.40. The Morgan fingerprint density at radius 2 is 2.00 bits per heavy atom. The molecule has 9 heteroatoms. The van der Waals surface area contributed by atoms with Crippen molar-refractivity contribution in [1.82, 2.24) is 0 Å². The molecule has 116 valence electrons. The standard InChI is InChI=1S/C12H12F3NO4S/c13-12(14)20-10-4-2-1-3-9(10)16-6-8(5-11(16)17)7-21(15,18)19/h1-4,8,12H,5-7H2. The van der Waals surface area contributed by atoms with Crippen molar-refractivity contribution in [2.24, 2.45) is 5.92 Å². The lowest BCUT2D eigenvalue weighted by molar-refractivity contribution is -0.117. The lowest BCUT2D eigenvalue weighted by Gasteiger charge is -2.20. The Morgan fingerprint density at radius 1 is 1.33 bits per heavy atom. The van der Waals surface area contributed by atoms with E-state index in [0.29, 0.717) is 0 Å². The molecule has 0 spiro atoms. The molecule has 1 aromatic rings. The highest BCUT2D eigenvalue weighted by molar-refractivity contribution is 7.86. The van der Waals surface area contributed by atoms with Gasteiger partial charge in [0.1, 0.15) is 5.75 Å². The van der Waals surface area contributed by atoms with E-state index in [2.05, 4.69) is 4.74 Å². The van der Waals surface area contributed by atoms with Crippen molar-refractivity contribution in [2.75, 3.05) is 17.2 Å². The molecule has 1 saturated heterocycles. The van der Waals surface area contributed by atoms with Crippen LogP contribution >= 0.6 is 0 Å². The van der Waals surface area contributed by atoms with E-state index in [1.54, 1.807) is 0 Å². The van der Waals surface area contributed by atoms with Crippen LogP contribution in [0.4, 0.5) is 18.4 Å². The zero-order valence-electron chi connectivity index (χ0n) is 10.7. The Labute approximate surface area is 119 Å². The van der Waals surface area contributed by atoms with Crippen molar-refractivity contribution < 1.29 is 30.6 Å². The van der Waals surface area contributed by atoms with Gasteiger partial charge in [-0.2, -0.15) is 17.2 Å². The molecule has 1 unspecified atom stereocenters. The van der Waals surface area contributed by atoms with Crippen LogP contribution in [-0.4, -0.2) is 33.2 Å². The summed E-state index contributed by atoms with van der Waals surface area (Å²) in [6.07, 6.45) is -0.161. The van der Waals surface area contributed by atoms with E-state index < -0.39 is 34.4 Å². The van der Waals surface area contributed by atoms with Crippen molar-refractivity contribution in [1.29, 1.82) is 0 Å². The maximum Gasteiger partial charge on any atom is 0.387 e. The normalized spacial score (nSPS) is 19.3. The van der Waals surface area contributed by atoms with Crippen LogP contribution in [0.1, 0.15) is 6.42 Å². The molecule has 0 radical (unpaired) electrons. The van der Waals surface area contributed by atoms with E-state index in [9.17, 15) is 25.9 Å². The highest BCUT2D eigenvalue weighted by Crippen LogP contribution is 2.34.